The summed E-state index contributed by atoms with van der Waals surface area (Å²) in [4.78, 5) is 20.1. The number of alkyl halides is 3. The first-order valence-electron chi connectivity index (χ1n) is 7.54. The summed E-state index contributed by atoms with van der Waals surface area (Å²) < 4.78 is 38.2. The van der Waals surface area contributed by atoms with Gasteiger partial charge in [0.2, 0.25) is 0 Å². The number of nitrogens with zero attached hydrogens (tertiary/aromatic N) is 2. The Morgan fingerprint density at radius 3 is 2.27 bits per heavy atom. The summed E-state index contributed by atoms with van der Waals surface area (Å²) >= 11 is 0. The molecule has 1 heterocycles. The Morgan fingerprint density at radius 2 is 1.62 bits per heavy atom. The number of amides is 1. The molecule has 26 heavy (non-hydrogen) atoms. The molecule has 0 atom stereocenters. The van der Waals surface area contributed by atoms with Crippen molar-refractivity contribution in [3.63, 3.8) is 0 Å². The maximum Gasteiger partial charge on any atom is 0.416 e. The van der Waals surface area contributed by atoms with Crippen LogP contribution in [0.25, 0.3) is 0 Å². The average Bonchev–Trinajstić information content (AvgIpc) is 2.63. The molecule has 132 valence electrons. The molecule has 1 amide bonds. The van der Waals surface area contributed by atoms with Gasteiger partial charge in [0.1, 0.15) is 11.5 Å². The number of benzene rings is 2. The van der Waals surface area contributed by atoms with E-state index in [0.29, 0.717) is 5.69 Å². The highest BCUT2D eigenvalue weighted by Crippen LogP contribution is 2.31. The monoisotopic (exact) mass is 358 g/mol. The first-order chi connectivity index (χ1) is 12.4. The Hall–Kier alpha value is -3.42. The van der Waals surface area contributed by atoms with E-state index in [1.54, 1.807) is 24.3 Å². The van der Waals surface area contributed by atoms with Gasteiger partial charge in [0.25, 0.3) is 5.91 Å². The normalized spacial score (nSPS) is 11.0. The molecule has 0 saturated heterocycles. The third kappa shape index (κ3) is 4.35. The Bertz CT molecular complexity index is 896. The lowest BCUT2D eigenvalue weighted by Crippen LogP contribution is -2.14. The fourth-order valence-corrected chi connectivity index (χ4v) is 2.15. The first-order valence-corrected chi connectivity index (χ1v) is 7.54. The van der Waals surface area contributed by atoms with E-state index in [1.165, 1.54) is 24.5 Å². The van der Waals surface area contributed by atoms with Crippen LogP contribution in [0.4, 0.5) is 30.4 Å². The van der Waals surface area contributed by atoms with Gasteiger partial charge >= 0.3 is 6.18 Å². The fraction of sp³-hybridized carbons (Fsp3) is 0.0556. The summed E-state index contributed by atoms with van der Waals surface area (Å²) in [5.74, 6) is -0.213. The minimum atomic E-state index is -4.43. The van der Waals surface area contributed by atoms with Gasteiger partial charge in [-0.1, -0.05) is 24.3 Å². The van der Waals surface area contributed by atoms with Crippen molar-refractivity contribution < 1.29 is 18.0 Å². The Morgan fingerprint density at radius 1 is 0.885 bits per heavy atom. The molecule has 8 heteroatoms. The van der Waals surface area contributed by atoms with Crippen LogP contribution in [0.2, 0.25) is 0 Å². The van der Waals surface area contributed by atoms with Gasteiger partial charge in [-0.25, -0.2) is 9.97 Å². The topological polar surface area (TPSA) is 66.9 Å². The van der Waals surface area contributed by atoms with E-state index >= 15 is 0 Å². The van der Waals surface area contributed by atoms with Gasteiger partial charge in [0.15, 0.2) is 0 Å². The van der Waals surface area contributed by atoms with Gasteiger partial charge in [-0.3, -0.25) is 4.79 Å². The predicted octanol–water partition coefficient (Wildman–Crippen LogP) is 4.49. The van der Waals surface area contributed by atoms with Crippen LogP contribution in [-0.2, 0) is 6.18 Å². The van der Waals surface area contributed by atoms with Crippen molar-refractivity contribution in [2.75, 3.05) is 10.6 Å². The van der Waals surface area contributed by atoms with Gasteiger partial charge < -0.3 is 10.6 Å². The van der Waals surface area contributed by atoms with E-state index in [0.717, 1.165) is 12.1 Å². The van der Waals surface area contributed by atoms with Gasteiger partial charge in [0.05, 0.1) is 18.0 Å². The highest BCUT2D eigenvalue weighted by Gasteiger charge is 2.30. The van der Waals surface area contributed by atoms with Gasteiger partial charge in [-0.2, -0.15) is 13.2 Å². The Kier molecular flexibility index (Phi) is 4.83. The van der Waals surface area contributed by atoms with Crippen molar-refractivity contribution >= 4 is 23.1 Å². The molecule has 3 rings (SSSR count). The molecule has 0 bridgehead atoms. The number of halogens is 3. The van der Waals surface area contributed by atoms with Crippen LogP contribution in [0, 0.1) is 0 Å². The fourth-order valence-electron chi connectivity index (χ4n) is 2.15. The van der Waals surface area contributed by atoms with Gasteiger partial charge in [0, 0.05) is 11.4 Å². The number of aromatic nitrogens is 2. The van der Waals surface area contributed by atoms with Crippen molar-refractivity contribution in [1.29, 1.82) is 0 Å². The molecule has 2 N–H and O–H groups in total. The van der Waals surface area contributed by atoms with Crippen LogP contribution in [0.5, 0.6) is 0 Å². The Labute approximate surface area is 146 Å². The quantitative estimate of drug-likeness (QED) is 0.721. The van der Waals surface area contributed by atoms with Crippen molar-refractivity contribution in [3.05, 3.63) is 78.2 Å². The molecule has 0 spiro atoms. The SMILES string of the molecule is O=C(Nc1ccccc1)c1cnc(Nc2cccc(C(F)(F)F)c2)cn1. The van der Waals surface area contributed by atoms with Crippen LogP contribution >= 0.6 is 0 Å². The summed E-state index contributed by atoms with van der Waals surface area (Å²) in [7, 11) is 0. The second-order valence-electron chi connectivity index (χ2n) is 5.31. The number of anilines is 3. The second-order valence-corrected chi connectivity index (χ2v) is 5.31. The zero-order valence-electron chi connectivity index (χ0n) is 13.3. The molecule has 0 fully saturated rings. The van der Waals surface area contributed by atoms with Crippen LogP contribution < -0.4 is 10.6 Å². The van der Waals surface area contributed by atoms with Gasteiger partial charge in [-0.15, -0.1) is 0 Å². The second kappa shape index (κ2) is 7.22. The summed E-state index contributed by atoms with van der Waals surface area (Å²) in [6, 6.07) is 13.6. The molecule has 0 radical (unpaired) electrons. The summed E-state index contributed by atoms with van der Waals surface area (Å²) in [5, 5.41) is 5.39. The molecule has 2 aromatic carbocycles. The molecular weight excluding hydrogens is 345 g/mol. The van der Waals surface area contributed by atoms with Crippen LogP contribution in [0.15, 0.2) is 67.0 Å². The molecule has 0 aliphatic rings. The van der Waals surface area contributed by atoms with E-state index < -0.39 is 17.6 Å². The lowest BCUT2D eigenvalue weighted by molar-refractivity contribution is -0.137. The zero-order valence-corrected chi connectivity index (χ0v) is 13.3. The molecule has 5 nitrogen and oxygen atoms in total. The molecule has 0 aliphatic carbocycles. The molecule has 0 aliphatic heterocycles. The van der Waals surface area contributed by atoms with Crippen LogP contribution in [0.3, 0.4) is 0 Å². The van der Waals surface area contributed by atoms with E-state index in [2.05, 4.69) is 20.6 Å². The maximum absolute atomic E-state index is 12.7. The van der Waals surface area contributed by atoms with E-state index in [4.69, 9.17) is 0 Å². The van der Waals surface area contributed by atoms with Crippen LogP contribution in [-0.4, -0.2) is 15.9 Å². The Balaban J connectivity index is 1.69. The number of para-hydroxylation sites is 1. The average molecular weight is 358 g/mol. The third-order valence-corrected chi connectivity index (χ3v) is 3.38. The van der Waals surface area contributed by atoms with Gasteiger partial charge in [-0.05, 0) is 30.3 Å². The van der Waals surface area contributed by atoms with Crippen molar-refractivity contribution in [2.24, 2.45) is 0 Å². The molecule has 0 unspecified atom stereocenters. The predicted molar refractivity (Wildman–Crippen MR) is 91.2 cm³/mol. The van der Waals surface area contributed by atoms with E-state index in [1.807, 2.05) is 6.07 Å². The standard InChI is InChI=1S/C18H13F3N4O/c19-18(20,21)12-5-4-8-14(9-12)24-16-11-22-15(10-23-16)17(26)25-13-6-2-1-3-7-13/h1-11H,(H,23,24)(H,25,26). The number of carbonyl (C=O) groups excluding carboxylic acids is 1. The first kappa shape index (κ1) is 17.4. The van der Waals surface area contributed by atoms with E-state index in [9.17, 15) is 18.0 Å². The maximum atomic E-state index is 12.7. The van der Waals surface area contributed by atoms with Crippen molar-refractivity contribution in [1.82, 2.24) is 9.97 Å². The van der Waals surface area contributed by atoms with Crippen LogP contribution in [0.1, 0.15) is 16.1 Å². The lowest BCUT2D eigenvalue weighted by Gasteiger charge is -2.10. The highest BCUT2D eigenvalue weighted by molar-refractivity contribution is 6.02. The number of nitrogens with one attached hydrogen (secondary N) is 2. The number of hydrogen-bond donors (Lipinski definition) is 2. The zero-order chi connectivity index (χ0) is 18.6. The molecule has 1 aromatic heterocycles. The summed E-state index contributed by atoms with van der Waals surface area (Å²) in [5.41, 5.74) is 0.152. The van der Waals surface area contributed by atoms with E-state index in [-0.39, 0.29) is 17.2 Å². The molecule has 0 saturated carbocycles. The largest absolute Gasteiger partial charge is 0.416 e. The summed E-state index contributed by atoms with van der Waals surface area (Å²) in [6.45, 7) is 0. The lowest BCUT2D eigenvalue weighted by atomic mass is 10.2. The number of hydrogen-bond acceptors (Lipinski definition) is 4. The minimum Gasteiger partial charge on any atom is -0.339 e. The highest BCUT2D eigenvalue weighted by atomic mass is 19.4. The molecular formula is C18H13F3N4O. The third-order valence-electron chi connectivity index (χ3n) is 3.38. The summed E-state index contributed by atoms with van der Waals surface area (Å²) in [6.07, 6.45) is -1.91. The number of carbonyl (C=O) groups is 1. The van der Waals surface area contributed by atoms with Crippen molar-refractivity contribution in [2.45, 2.75) is 6.18 Å². The minimum absolute atomic E-state index is 0.0865. The smallest absolute Gasteiger partial charge is 0.339 e. The van der Waals surface area contributed by atoms with Crippen molar-refractivity contribution in [3.8, 4) is 0 Å². The molecule has 3 aromatic rings. The number of rotatable bonds is 4.